The number of ether oxygens (including phenoxy) is 1. The third-order valence-corrected chi connectivity index (χ3v) is 3.63. The number of fused-ring (bicyclic) bond motifs is 1. The van der Waals surface area contributed by atoms with Gasteiger partial charge in [0.25, 0.3) is 0 Å². The lowest BCUT2D eigenvalue weighted by Gasteiger charge is -2.18. The smallest absolute Gasteiger partial charge is 0.183 e. The summed E-state index contributed by atoms with van der Waals surface area (Å²) >= 11 is 0. The van der Waals surface area contributed by atoms with Gasteiger partial charge in [-0.3, -0.25) is 0 Å². The Bertz CT molecular complexity index is 800. The first-order chi connectivity index (χ1) is 11.2. The Balaban J connectivity index is 1.70. The van der Waals surface area contributed by atoms with Crippen LogP contribution in [0, 0.1) is 6.92 Å². The molecule has 0 radical (unpaired) electrons. The fourth-order valence-electron chi connectivity index (χ4n) is 2.34. The van der Waals surface area contributed by atoms with Crippen LogP contribution in [-0.4, -0.2) is 37.6 Å². The summed E-state index contributed by atoms with van der Waals surface area (Å²) in [5.41, 5.74) is 2.55. The molecular formula is C16H20N6O. The third-order valence-electron chi connectivity index (χ3n) is 3.63. The minimum Gasteiger partial charge on any atom is -0.489 e. The van der Waals surface area contributed by atoms with E-state index in [-0.39, 0.29) is 6.10 Å². The summed E-state index contributed by atoms with van der Waals surface area (Å²) in [7, 11) is 1.81. The monoisotopic (exact) mass is 312 g/mol. The zero-order chi connectivity index (χ0) is 16.2. The number of aryl methyl sites for hydroxylation is 2. The average Bonchev–Trinajstić information content (AvgIpc) is 2.93. The van der Waals surface area contributed by atoms with Crippen molar-refractivity contribution in [2.75, 3.05) is 11.9 Å². The zero-order valence-corrected chi connectivity index (χ0v) is 13.5. The van der Waals surface area contributed by atoms with Crippen LogP contribution in [0.2, 0.25) is 0 Å². The van der Waals surface area contributed by atoms with E-state index in [9.17, 15) is 0 Å². The van der Waals surface area contributed by atoms with E-state index >= 15 is 0 Å². The summed E-state index contributed by atoms with van der Waals surface area (Å²) < 4.78 is 7.66. The van der Waals surface area contributed by atoms with Crippen LogP contribution < -0.4 is 10.1 Å². The number of rotatable bonds is 6. The molecule has 0 aliphatic heterocycles. The minimum atomic E-state index is 0.0403. The van der Waals surface area contributed by atoms with Crippen LogP contribution in [0.15, 0.2) is 30.6 Å². The normalized spacial score (nSPS) is 12.3. The van der Waals surface area contributed by atoms with E-state index in [0.717, 1.165) is 12.2 Å². The van der Waals surface area contributed by atoms with Gasteiger partial charge in [0.1, 0.15) is 18.2 Å². The molecule has 2 heterocycles. The molecule has 1 unspecified atom stereocenters. The molecule has 0 aliphatic rings. The molecule has 120 valence electrons. The molecule has 0 saturated carbocycles. The number of nitrogens with zero attached hydrogens (tertiary/aromatic N) is 5. The predicted octanol–water partition coefficient (Wildman–Crippen LogP) is 2.34. The van der Waals surface area contributed by atoms with Crippen molar-refractivity contribution >= 4 is 17.0 Å². The Kier molecular flexibility index (Phi) is 4.36. The molecule has 3 rings (SSSR count). The molecular weight excluding hydrogens is 292 g/mol. The van der Waals surface area contributed by atoms with Crippen molar-refractivity contribution in [1.82, 2.24) is 25.0 Å². The molecule has 0 spiro atoms. The van der Waals surface area contributed by atoms with E-state index in [1.54, 1.807) is 4.68 Å². The molecule has 0 amide bonds. The molecule has 23 heavy (non-hydrogen) atoms. The summed E-state index contributed by atoms with van der Waals surface area (Å²) in [6.45, 7) is 4.78. The van der Waals surface area contributed by atoms with Gasteiger partial charge >= 0.3 is 0 Å². The summed E-state index contributed by atoms with van der Waals surface area (Å²) in [4.78, 5) is 8.44. The van der Waals surface area contributed by atoms with Crippen LogP contribution in [0.4, 0.5) is 5.82 Å². The minimum absolute atomic E-state index is 0.0403. The van der Waals surface area contributed by atoms with Crippen LogP contribution in [0.3, 0.4) is 0 Å². The molecule has 0 fully saturated rings. The predicted molar refractivity (Wildman–Crippen MR) is 88.5 cm³/mol. The number of hydrogen-bond acceptors (Lipinski definition) is 6. The standard InChI is InChI=1S/C16H20N6O/c1-4-12(23-13-7-5-6-11(2)8-13)9-17-15-14-16(19-10-18-15)22(3)21-20-14/h5-8,10,12H,4,9H2,1-3H3,(H,17,18,19). The Morgan fingerprint density at radius 2 is 2.17 bits per heavy atom. The first kappa shape index (κ1) is 15.2. The van der Waals surface area contributed by atoms with Gasteiger partial charge in [-0.2, -0.15) is 0 Å². The lowest BCUT2D eigenvalue weighted by atomic mass is 10.2. The Labute approximate surface area is 134 Å². The average molecular weight is 312 g/mol. The molecule has 1 atom stereocenters. The van der Waals surface area contributed by atoms with Gasteiger partial charge in [-0.05, 0) is 31.0 Å². The van der Waals surface area contributed by atoms with Crippen molar-refractivity contribution in [2.24, 2.45) is 7.05 Å². The topological polar surface area (TPSA) is 77.8 Å². The lowest BCUT2D eigenvalue weighted by Crippen LogP contribution is -2.25. The highest BCUT2D eigenvalue weighted by Crippen LogP contribution is 2.18. The number of nitrogens with one attached hydrogen (secondary N) is 1. The maximum Gasteiger partial charge on any atom is 0.183 e. The maximum absolute atomic E-state index is 6.04. The van der Waals surface area contributed by atoms with E-state index in [1.165, 1.54) is 11.9 Å². The van der Waals surface area contributed by atoms with E-state index in [0.29, 0.717) is 23.5 Å². The van der Waals surface area contributed by atoms with Gasteiger partial charge in [0.2, 0.25) is 0 Å². The summed E-state index contributed by atoms with van der Waals surface area (Å²) in [5, 5.41) is 11.4. The second-order valence-electron chi connectivity index (χ2n) is 5.45. The van der Waals surface area contributed by atoms with Gasteiger partial charge in [-0.15, -0.1) is 5.10 Å². The highest BCUT2D eigenvalue weighted by atomic mass is 16.5. The van der Waals surface area contributed by atoms with Crippen molar-refractivity contribution in [3.05, 3.63) is 36.2 Å². The maximum atomic E-state index is 6.04. The molecule has 1 N–H and O–H groups in total. The van der Waals surface area contributed by atoms with Gasteiger partial charge in [-0.25, -0.2) is 14.6 Å². The lowest BCUT2D eigenvalue weighted by molar-refractivity contribution is 0.210. The fourth-order valence-corrected chi connectivity index (χ4v) is 2.34. The van der Waals surface area contributed by atoms with Crippen LogP contribution in [0.1, 0.15) is 18.9 Å². The van der Waals surface area contributed by atoms with Gasteiger partial charge in [-0.1, -0.05) is 24.3 Å². The molecule has 0 aliphatic carbocycles. The number of benzene rings is 1. The number of anilines is 1. The van der Waals surface area contributed by atoms with Crippen molar-refractivity contribution in [2.45, 2.75) is 26.4 Å². The molecule has 0 bridgehead atoms. The van der Waals surface area contributed by atoms with Gasteiger partial charge in [0.05, 0.1) is 6.54 Å². The molecule has 3 aromatic rings. The van der Waals surface area contributed by atoms with Crippen molar-refractivity contribution in [3.8, 4) is 5.75 Å². The van der Waals surface area contributed by atoms with Crippen molar-refractivity contribution in [3.63, 3.8) is 0 Å². The first-order valence-corrected chi connectivity index (χ1v) is 7.65. The quantitative estimate of drug-likeness (QED) is 0.753. The highest BCUT2D eigenvalue weighted by molar-refractivity contribution is 5.81. The summed E-state index contributed by atoms with van der Waals surface area (Å²) in [5.74, 6) is 1.56. The van der Waals surface area contributed by atoms with Gasteiger partial charge < -0.3 is 10.1 Å². The van der Waals surface area contributed by atoms with Gasteiger partial charge in [0, 0.05) is 7.05 Å². The van der Waals surface area contributed by atoms with E-state index < -0.39 is 0 Å². The largest absolute Gasteiger partial charge is 0.489 e. The van der Waals surface area contributed by atoms with E-state index in [1.807, 2.05) is 25.2 Å². The SMILES string of the molecule is CCC(CNc1ncnc2c1nnn2C)Oc1cccc(C)c1. The molecule has 7 nitrogen and oxygen atoms in total. The molecule has 7 heteroatoms. The van der Waals surface area contributed by atoms with E-state index in [4.69, 9.17) is 4.74 Å². The van der Waals surface area contributed by atoms with E-state index in [2.05, 4.69) is 45.5 Å². The Hall–Kier alpha value is -2.70. The van der Waals surface area contributed by atoms with Crippen LogP contribution in [0.25, 0.3) is 11.2 Å². The third kappa shape index (κ3) is 3.39. The van der Waals surface area contributed by atoms with Crippen LogP contribution in [0.5, 0.6) is 5.75 Å². The highest BCUT2D eigenvalue weighted by Gasteiger charge is 2.13. The molecule has 0 saturated heterocycles. The summed E-state index contributed by atoms with van der Waals surface area (Å²) in [6, 6.07) is 8.06. The summed E-state index contributed by atoms with van der Waals surface area (Å²) in [6.07, 6.45) is 2.44. The van der Waals surface area contributed by atoms with Crippen LogP contribution in [-0.2, 0) is 7.05 Å². The molecule has 1 aromatic carbocycles. The Morgan fingerprint density at radius 1 is 1.30 bits per heavy atom. The van der Waals surface area contributed by atoms with Crippen LogP contribution >= 0.6 is 0 Å². The first-order valence-electron chi connectivity index (χ1n) is 7.65. The van der Waals surface area contributed by atoms with Crippen molar-refractivity contribution < 1.29 is 4.74 Å². The Morgan fingerprint density at radius 3 is 2.96 bits per heavy atom. The zero-order valence-electron chi connectivity index (χ0n) is 13.5. The fraction of sp³-hybridized carbons (Fsp3) is 0.375. The second kappa shape index (κ2) is 6.60. The number of aromatic nitrogens is 5. The second-order valence-corrected chi connectivity index (χ2v) is 5.45. The van der Waals surface area contributed by atoms with Gasteiger partial charge in [0.15, 0.2) is 17.0 Å². The number of hydrogen-bond donors (Lipinski definition) is 1. The van der Waals surface area contributed by atoms with Crippen molar-refractivity contribution in [1.29, 1.82) is 0 Å². The molecule has 2 aromatic heterocycles.